The number of nitrogens with two attached hydrogens (primary N) is 1. The normalized spacial score (nSPS) is 19.4. The summed E-state index contributed by atoms with van der Waals surface area (Å²) in [5.41, 5.74) is 6.66. The molecule has 3 nitrogen and oxygen atoms in total. The zero-order valence-electron chi connectivity index (χ0n) is 7.47. The molecule has 0 aromatic heterocycles. The SMILES string of the molecule is N#CCC1Sc2ccccc2N=C1N. The molecule has 1 aromatic rings. The lowest BCUT2D eigenvalue weighted by Crippen LogP contribution is -2.27. The summed E-state index contributed by atoms with van der Waals surface area (Å²) >= 11 is 1.61. The molecule has 0 radical (unpaired) electrons. The van der Waals surface area contributed by atoms with Gasteiger partial charge in [0.2, 0.25) is 0 Å². The van der Waals surface area contributed by atoms with Gasteiger partial charge in [-0.05, 0) is 12.1 Å². The minimum Gasteiger partial charge on any atom is -0.386 e. The van der Waals surface area contributed by atoms with Crippen LogP contribution in [0.25, 0.3) is 0 Å². The van der Waals surface area contributed by atoms with E-state index in [1.807, 2.05) is 24.3 Å². The van der Waals surface area contributed by atoms with Crippen LogP contribution in [-0.4, -0.2) is 11.1 Å². The van der Waals surface area contributed by atoms with E-state index in [4.69, 9.17) is 11.0 Å². The van der Waals surface area contributed by atoms with Crippen LogP contribution in [0, 0.1) is 11.3 Å². The van der Waals surface area contributed by atoms with E-state index >= 15 is 0 Å². The Kier molecular flexibility index (Phi) is 2.42. The Bertz CT molecular complexity index is 420. The molecule has 1 atom stereocenters. The largest absolute Gasteiger partial charge is 0.386 e. The lowest BCUT2D eigenvalue weighted by molar-refractivity contribution is 1.08. The standard InChI is InChI=1S/C10H9N3S/c11-6-5-9-10(12)13-7-3-1-2-4-8(7)14-9/h1-4,9H,5H2,(H2,12,13). The molecular formula is C10H9N3S. The van der Waals surface area contributed by atoms with Crippen molar-refractivity contribution in [2.75, 3.05) is 0 Å². The number of amidine groups is 1. The second-order valence-corrected chi connectivity index (χ2v) is 4.22. The molecule has 0 saturated carbocycles. The topological polar surface area (TPSA) is 62.2 Å². The molecule has 0 aliphatic carbocycles. The maximum atomic E-state index is 8.61. The molecule has 1 aromatic carbocycles. The van der Waals surface area contributed by atoms with E-state index in [0.29, 0.717) is 12.3 Å². The number of hydrogen-bond acceptors (Lipinski definition) is 4. The first-order valence-electron chi connectivity index (χ1n) is 4.28. The predicted octanol–water partition coefficient (Wildman–Crippen LogP) is 2.06. The van der Waals surface area contributed by atoms with Crippen molar-refractivity contribution in [3.63, 3.8) is 0 Å². The summed E-state index contributed by atoms with van der Waals surface area (Å²) < 4.78 is 0. The number of fused-ring (bicyclic) bond motifs is 1. The van der Waals surface area contributed by atoms with Gasteiger partial charge in [-0.25, -0.2) is 4.99 Å². The summed E-state index contributed by atoms with van der Waals surface area (Å²) in [6, 6.07) is 9.94. The first-order chi connectivity index (χ1) is 6.81. The molecule has 14 heavy (non-hydrogen) atoms. The molecule has 2 N–H and O–H groups in total. The Morgan fingerprint density at radius 1 is 1.50 bits per heavy atom. The highest BCUT2D eigenvalue weighted by atomic mass is 32.2. The Morgan fingerprint density at radius 3 is 3.07 bits per heavy atom. The fourth-order valence-corrected chi connectivity index (χ4v) is 2.33. The number of nitrogens with zero attached hydrogens (tertiary/aromatic N) is 2. The molecule has 1 heterocycles. The zero-order chi connectivity index (χ0) is 9.97. The van der Waals surface area contributed by atoms with Gasteiger partial charge in [0, 0.05) is 4.90 Å². The second kappa shape index (κ2) is 3.72. The van der Waals surface area contributed by atoms with E-state index in [-0.39, 0.29) is 5.25 Å². The molecule has 70 valence electrons. The summed E-state index contributed by atoms with van der Waals surface area (Å²) in [6.45, 7) is 0. The maximum absolute atomic E-state index is 8.61. The van der Waals surface area contributed by atoms with Crippen molar-refractivity contribution in [2.24, 2.45) is 10.7 Å². The van der Waals surface area contributed by atoms with E-state index in [1.54, 1.807) is 11.8 Å². The first-order valence-corrected chi connectivity index (χ1v) is 5.16. The van der Waals surface area contributed by atoms with Crippen LogP contribution in [0.1, 0.15) is 6.42 Å². The number of aliphatic imine (C=N–C) groups is 1. The highest BCUT2D eigenvalue weighted by Crippen LogP contribution is 2.37. The molecule has 0 amide bonds. The molecule has 0 bridgehead atoms. The lowest BCUT2D eigenvalue weighted by Gasteiger charge is -2.19. The fourth-order valence-electron chi connectivity index (χ4n) is 1.30. The molecule has 2 rings (SSSR count). The van der Waals surface area contributed by atoms with Crippen LogP contribution >= 0.6 is 11.8 Å². The summed E-state index contributed by atoms with van der Waals surface area (Å²) in [4.78, 5) is 5.37. The van der Waals surface area contributed by atoms with E-state index in [1.165, 1.54) is 0 Å². The molecule has 0 fully saturated rings. The third-order valence-corrected chi connectivity index (χ3v) is 3.28. The highest BCUT2D eigenvalue weighted by Gasteiger charge is 2.20. The maximum Gasteiger partial charge on any atom is 0.114 e. The molecule has 1 aliphatic heterocycles. The quantitative estimate of drug-likeness (QED) is 0.760. The van der Waals surface area contributed by atoms with Gasteiger partial charge in [-0.15, -0.1) is 11.8 Å². The van der Waals surface area contributed by atoms with Crippen LogP contribution < -0.4 is 5.73 Å². The fraction of sp³-hybridized carbons (Fsp3) is 0.200. The number of thioether (sulfide) groups is 1. The van der Waals surface area contributed by atoms with Crippen LogP contribution in [0.3, 0.4) is 0 Å². The molecule has 1 aliphatic rings. The summed E-state index contributed by atoms with van der Waals surface area (Å²) in [7, 11) is 0. The van der Waals surface area contributed by atoms with Gasteiger partial charge >= 0.3 is 0 Å². The zero-order valence-corrected chi connectivity index (χ0v) is 8.29. The van der Waals surface area contributed by atoms with Gasteiger partial charge in [-0.3, -0.25) is 0 Å². The number of benzene rings is 1. The van der Waals surface area contributed by atoms with Crippen molar-refractivity contribution in [2.45, 2.75) is 16.6 Å². The monoisotopic (exact) mass is 203 g/mol. The number of hydrogen-bond donors (Lipinski definition) is 1. The molecule has 0 spiro atoms. The minimum atomic E-state index is 0.00917. The van der Waals surface area contributed by atoms with Gasteiger partial charge in [0.1, 0.15) is 5.84 Å². The molecule has 4 heteroatoms. The van der Waals surface area contributed by atoms with Gasteiger partial charge in [0.25, 0.3) is 0 Å². The predicted molar refractivity (Wildman–Crippen MR) is 57.6 cm³/mol. The lowest BCUT2D eigenvalue weighted by atomic mass is 10.2. The van der Waals surface area contributed by atoms with Crippen LogP contribution in [0.2, 0.25) is 0 Å². The third-order valence-electron chi connectivity index (χ3n) is 1.99. The van der Waals surface area contributed by atoms with Crippen molar-refractivity contribution < 1.29 is 0 Å². The summed E-state index contributed by atoms with van der Waals surface area (Å²) in [6.07, 6.45) is 0.411. The van der Waals surface area contributed by atoms with Gasteiger partial charge in [0.05, 0.1) is 23.4 Å². The summed E-state index contributed by atoms with van der Waals surface area (Å²) in [5.74, 6) is 0.551. The number of nitriles is 1. The summed E-state index contributed by atoms with van der Waals surface area (Å²) in [5, 5.41) is 8.62. The molecule has 0 saturated heterocycles. The Balaban J connectivity index is 2.34. The Morgan fingerprint density at radius 2 is 2.29 bits per heavy atom. The van der Waals surface area contributed by atoms with Crippen LogP contribution in [0.5, 0.6) is 0 Å². The van der Waals surface area contributed by atoms with E-state index < -0.39 is 0 Å². The van der Waals surface area contributed by atoms with Crippen molar-refractivity contribution in [3.8, 4) is 6.07 Å². The highest BCUT2D eigenvalue weighted by molar-refractivity contribution is 8.00. The van der Waals surface area contributed by atoms with E-state index in [2.05, 4.69) is 11.1 Å². The second-order valence-electron chi connectivity index (χ2n) is 2.97. The van der Waals surface area contributed by atoms with Crippen molar-refractivity contribution in [3.05, 3.63) is 24.3 Å². The van der Waals surface area contributed by atoms with Crippen LogP contribution in [-0.2, 0) is 0 Å². The average molecular weight is 203 g/mol. The Hall–Kier alpha value is -1.47. The van der Waals surface area contributed by atoms with Gasteiger partial charge < -0.3 is 5.73 Å². The van der Waals surface area contributed by atoms with Crippen molar-refractivity contribution in [1.82, 2.24) is 0 Å². The molecular weight excluding hydrogens is 194 g/mol. The minimum absolute atomic E-state index is 0.00917. The van der Waals surface area contributed by atoms with Gasteiger partial charge in [-0.1, -0.05) is 12.1 Å². The number of para-hydroxylation sites is 1. The average Bonchev–Trinajstić information content (AvgIpc) is 2.19. The van der Waals surface area contributed by atoms with E-state index in [9.17, 15) is 0 Å². The third kappa shape index (κ3) is 1.59. The van der Waals surface area contributed by atoms with Gasteiger partial charge in [-0.2, -0.15) is 5.26 Å². The molecule has 1 unspecified atom stereocenters. The smallest absolute Gasteiger partial charge is 0.114 e. The first kappa shape index (κ1) is 9.10. The van der Waals surface area contributed by atoms with Gasteiger partial charge in [0.15, 0.2) is 0 Å². The van der Waals surface area contributed by atoms with E-state index in [0.717, 1.165) is 10.6 Å². The van der Waals surface area contributed by atoms with Crippen molar-refractivity contribution in [1.29, 1.82) is 5.26 Å². The van der Waals surface area contributed by atoms with Crippen molar-refractivity contribution >= 4 is 23.3 Å². The van der Waals surface area contributed by atoms with Crippen LogP contribution in [0.4, 0.5) is 5.69 Å². The van der Waals surface area contributed by atoms with Crippen LogP contribution in [0.15, 0.2) is 34.2 Å². The Labute approximate surface area is 86.6 Å². The number of rotatable bonds is 1.